The Balaban J connectivity index is 1.54. The van der Waals surface area contributed by atoms with Crippen LogP contribution in [0.5, 0.6) is 5.75 Å². The van der Waals surface area contributed by atoms with Crippen LogP contribution < -0.4 is 20.3 Å². The van der Waals surface area contributed by atoms with Gasteiger partial charge in [-0.2, -0.15) is 0 Å². The number of benzene rings is 3. The van der Waals surface area contributed by atoms with Gasteiger partial charge in [0.2, 0.25) is 5.91 Å². The maximum Gasteiger partial charge on any atom is 0.258 e. The zero-order chi connectivity index (χ0) is 23.6. The third kappa shape index (κ3) is 7.10. The highest BCUT2D eigenvalue weighted by atomic mass is 16.5. The topological polar surface area (TPSA) is 70.7 Å². The molecule has 2 N–H and O–H groups in total. The van der Waals surface area contributed by atoms with Crippen LogP contribution in [0.3, 0.4) is 0 Å². The Hall–Kier alpha value is -3.80. The summed E-state index contributed by atoms with van der Waals surface area (Å²) in [6.45, 7) is 7.46. The molecule has 0 heterocycles. The summed E-state index contributed by atoms with van der Waals surface area (Å²) < 4.78 is 5.72. The van der Waals surface area contributed by atoms with E-state index >= 15 is 0 Å². The number of nitrogens with one attached hydrogen (secondary N) is 2. The molecule has 2 amide bonds. The second-order valence-corrected chi connectivity index (χ2v) is 8.10. The molecule has 6 heteroatoms. The van der Waals surface area contributed by atoms with Crippen molar-refractivity contribution in [3.8, 4) is 5.75 Å². The molecule has 0 atom stereocenters. The van der Waals surface area contributed by atoms with Gasteiger partial charge in [-0.25, -0.2) is 0 Å². The first-order valence-corrected chi connectivity index (χ1v) is 11.2. The Morgan fingerprint density at radius 2 is 1.64 bits per heavy atom. The number of rotatable bonds is 10. The minimum Gasteiger partial charge on any atom is -0.493 e. The molecular weight excluding hydrogens is 414 g/mol. The number of hydrogen-bond acceptors (Lipinski definition) is 4. The predicted octanol–water partition coefficient (Wildman–Crippen LogP) is 5.44. The van der Waals surface area contributed by atoms with Crippen LogP contribution in [0, 0.1) is 5.92 Å². The maximum atomic E-state index is 12.9. The molecule has 0 aliphatic rings. The van der Waals surface area contributed by atoms with E-state index in [1.54, 1.807) is 29.2 Å². The molecule has 0 radical (unpaired) electrons. The van der Waals surface area contributed by atoms with E-state index in [1.807, 2.05) is 61.5 Å². The molecule has 0 saturated heterocycles. The van der Waals surface area contributed by atoms with E-state index in [9.17, 15) is 9.59 Å². The SMILES string of the molecule is CCN(C(=O)c1ccc(NC(=O)CNc2cccc(OCC(C)C)c2)cc1)c1ccccc1. The molecule has 3 aromatic rings. The Bertz CT molecular complexity index is 1050. The third-order valence-electron chi connectivity index (χ3n) is 4.92. The quantitative estimate of drug-likeness (QED) is 0.436. The Morgan fingerprint density at radius 3 is 2.30 bits per heavy atom. The normalized spacial score (nSPS) is 10.5. The Labute approximate surface area is 195 Å². The minimum atomic E-state index is -0.179. The van der Waals surface area contributed by atoms with E-state index in [1.165, 1.54) is 0 Å². The second-order valence-electron chi connectivity index (χ2n) is 8.10. The molecule has 3 aromatic carbocycles. The van der Waals surface area contributed by atoms with Gasteiger partial charge in [0, 0.05) is 35.2 Å². The van der Waals surface area contributed by atoms with Crippen molar-refractivity contribution >= 4 is 28.9 Å². The summed E-state index contributed by atoms with van der Waals surface area (Å²) >= 11 is 0. The number of carbonyl (C=O) groups excluding carboxylic acids is 2. The minimum absolute atomic E-state index is 0.0807. The average molecular weight is 446 g/mol. The van der Waals surface area contributed by atoms with Crippen molar-refractivity contribution in [1.82, 2.24) is 0 Å². The third-order valence-corrected chi connectivity index (χ3v) is 4.92. The van der Waals surface area contributed by atoms with Crippen LogP contribution in [0.2, 0.25) is 0 Å². The summed E-state index contributed by atoms with van der Waals surface area (Å²) in [4.78, 5) is 27.0. The molecule has 0 fully saturated rings. The smallest absolute Gasteiger partial charge is 0.258 e. The van der Waals surface area contributed by atoms with Gasteiger partial charge in [0.15, 0.2) is 0 Å². The first-order chi connectivity index (χ1) is 16.0. The molecule has 172 valence electrons. The fourth-order valence-electron chi connectivity index (χ4n) is 3.25. The largest absolute Gasteiger partial charge is 0.493 e. The molecule has 0 bridgehead atoms. The van der Waals surface area contributed by atoms with E-state index in [0.29, 0.717) is 30.3 Å². The van der Waals surface area contributed by atoms with E-state index in [0.717, 1.165) is 17.1 Å². The van der Waals surface area contributed by atoms with E-state index in [-0.39, 0.29) is 18.4 Å². The van der Waals surface area contributed by atoms with Crippen LogP contribution in [-0.4, -0.2) is 31.5 Å². The van der Waals surface area contributed by atoms with Crippen molar-refractivity contribution in [2.45, 2.75) is 20.8 Å². The molecule has 3 rings (SSSR count). The molecule has 0 aliphatic heterocycles. The maximum absolute atomic E-state index is 12.9. The van der Waals surface area contributed by atoms with Gasteiger partial charge >= 0.3 is 0 Å². The first kappa shape index (κ1) is 23.9. The van der Waals surface area contributed by atoms with Crippen molar-refractivity contribution in [3.05, 3.63) is 84.4 Å². The van der Waals surface area contributed by atoms with Gasteiger partial charge in [0.1, 0.15) is 5.75 Å². The zero-order valence-corrected chi connectivity index (χ0v) is 19.4. The molecule has 0 saturated carbocycles. The molecule has 0 aliphatic carbocycles. The number of ether oxygens (including phenoxy) is 1. The lowest BCUT2D eigenvalue weighted by Crippen LogP contribution is -2.30. The highest BCUT2D eigenvalue weighted by Gasteiger charge is 2.16. The number of carbonyl (C=O) groups is 2. The zero-order valence-electron chi connectivity index (χ0n) is 19.4. The number of nitrogens with zero attached hydrogens (tertiary/aromatic N) is 1. The lowest BCUT2D eigenvalue weighted by atomic mass is 10.1. The summed E-state index contributed by atoms with van der Waals surface area (Å²) in [6.07, 6.45) is 0. The number of anilines is 3. The summed E-state index contributed by atoms with van der Waals surface area (Å²) in [5, 5.41) is 5.96. The first-order valence-electron chi connectivity index (χ1n) is 11.2. The molecule has 0 unspecified atom stereocenters. The number of para-hydroxylation sites is 1. The molecular formula is C27H31N3O3. The van der Waals surface area contributed by atoms with Crippen LogP contribution in [0.25, 0.3) is 0 Å². The van der Waals surface area contributed by atoms with Crippen LogP contribution in [-0.2, 0) is 4.79 Å². The van der Waals surface area contributed by atoms with Crippen LogP contribution in [0.1, 0.15) is 31.1 Å². The van der Waals surface area contributed by atoms with Crippen molar-refractivity contribution < 1.29 is 14.3 Å². The second kappa shape index (κ2) is 11.7. The summed E-state index contributed by atoms with van der Waals surface area (Å²) in [6, 6.07) is 24.1. The fourth-order valence-corrected chi connectivity index (χ4v) is 3.25. The molecule has 33 heavy (non-hydrogen) atoms. The molecule has 0 aromatic heterocycles. The predicted molar refractivity (Wildman–Crippen MR) is 134 cm³/mol. The monoisotopic (exact) mass is 445 g/mol. The summed E-state index contributed by atoms with van der Waals surface area (Å²) in [5.41, 5.74) is 2.87. The van der Waals surface area contributed by atoms with Crippen LogP contribution >= 0.6 is 0 Å². The van der Waals surface area contributed by atoms with Gasteiger partial charge in [-0.3, -0.25) is 9.59 Å². The lowest BCUT2D eigenvalue weighted by Gasteiger charge is -2.21. The number of amides is 2. The Morgan fingerprint density at radius 1 is 0.909 bits per heavy atom. The van der Waals surface area contributed by atoms with Gasteiger partial charge in [-0.15, -0.1) is 0 Å². The molecule has 6 nitrogen and oxygen atoms in total. The Kier molecular flexibility index (Phi) is 8.47. The standard InChI is InChI=1S/C27H31N3O3/c1-4-30(24-10-6-5-7-11-24)27(32)21-13-15-22(16-14-21)29-26(31)18-28-23-9-8-12-25(17-23)33-19-20(2)3/h5-17,20,28H,4,18-19H2,1-3H3,(H,29,31). The summed E-state index contributed by atoms with van der Waals surface area (Å²) in [5.74, 6) is 0.952. The molecule has 0 spiro atoms. The fraction of sp³-hybridized carbons (Fsp3) is 0.259. The van der Waals surface area contributed by atoms with Gasteiger partial charge in [0.25, 0.3) is 5.91 Å². The number of hydrogen-bond donors (Lipinski definition) is 2. The van der Waals surface area contributed by atoms with Crippen molar-refractivity contribution in [2.75, 3.05) is 35.2 Å². The van der Waals surface area contributed by atoms with E-state index < -0.39 is 0 Å². The van der Waals surface area contributed by atoms with Gasteiger partial charge in [-0.1, -0.05) is 38.1 Å². The highest BCUT2D eigenvalue weighted by Crippen LogP contribution is 2.19. The van der Waals surface area contributed by atoms with Crippen LogP contribution in [0.4, 0.5) is 17.1 Å². The highest BCUT2D eigenvalue weighted by molar-refractivity contribution is 6.06. The van der Waals surface area contributed by atoms with Crippen molar-refractivity contribution in [2.24, 2.45) is 5.92 Å². The lowest BCUT2D eigenvalue weighted by molar-refractivity contribution is -0.114. The van der Waals surface area contributed by atoms with E-state index in [4.69, 9.17) is 4.74 Å². The van der Waals surface area contributed by atoms with Gasteiger partial charge in [0.05, 0.1) is 13.2 Å². The average Bonchev–Trinajstić information content (AvgIpc) is 2.83. The summed E-state index contributed by atoms with van der Waals surface area (Å²) in [7, 11) is 0. The van der Waals surface area contributed by atoms with E-state index in [2.05, 4.69) is 24.5 Å². The van der Waals surface area contributed by atoms with Gasteiger partial charge < -0.3 is 20.3 Å². The van der Waals surface area contributed by atoms with Crippen molar-refractivity contribution in [1.29, 1.82) is 0 Å². The van der Waals surface area contributed by atoms with Crippen LogP contribution in [0.15, 0.2) is 78.9 Å². The van der Waals surface area contributed by atoms with Crippen molar-refractivity contribution in [3.63, 3.8) is 0 Å². The van der Waals surface area contributed by atoms with Gasteiger partial charge in [-0.05, 0) is 61.4 Å².